The van der Waals surface area contributed by atoms with Crippen LogP contribution in [0.3, 0.4) is 0 Å². The average molecular weight is 269 g/mol. The Balaban J connectivity index is 1.79. The molecule has 100 valence electrons. The van der Waals surface area contributed by atoms with Crippen LogP contribution in [0.2, 0.25) is 5.02 Å². The molecule has 3 nitrogen and oxygen atoms in total. The molecule has 0 amide bonds. The van der Waals surface area contributed by atoms with Gasteiger partial charge in [-0.05, 0) is 56.6 Å². The summed E-state index contributed by atoms with van der Waals surface area (Å²) in [7, 11) is 1.66. The van der Waals surface area contributed by atoms with E-state index < -0.39 is 0 Å². The number of hydrogen-bond acceptors (Lipinski definition) is 3. The molecular weight excluding hydrogens is 248 g/mol. The number of ether oxygens (including phenoxy) is 1. The van der Waals surface area contributed by atoms with Gasteiger partial charge >= 0.3 is 0 Å². The zero-order chi connectivity index (χ0) is 12.8. The van der Waals surface area contributed by atoms with E-state index in [0.717, 1.165) is 36.8 Å². The van der Waals surface area contributed by atoms with Crippen molar-refractivity contribution in [3.05, 3.63) is 28.8 Å². The van der Waals surface area contributed by atoms with Crippen LogP contribution in [0.15, 0.2) is 18.2 Å². The summed E-state index contributed by atoms with van der Waals surface area (Å²) in [6, 6.07) is 6.54. The molecule has 0 atom stereocenters. The number of benzene rings is 1. The van der Waals surface area contributed by atoms with Gasteiger partial charge in [0, 0.05) is 11.1 Å². The smallest absolute Gasteiger partial charge is 0.120 e. The van der Waals surface area contributed by atoms with Gasteiger partial charge in [-0.25, -0.2) is 0 Å². The van der Waals surface area contributed by atoms with Crippen LogP contribution in [0, 0.1) is 0 Å². The van der Waals surface area contributed by atoms with Crippen molar-refractivity contribution in [2.75, 3.05) is 26.7 Å². The minimum atomic E-state index is 0.656. The van der Waals surface area contributed by atoms with E-state index >= 15 is 0 Å². The zero-order valence-electron chi connectivity index (χ0n) is 10.8. The van der Waals surface area contributed by atoms with E-state index in [1.165, 1.54) is 18.4 Å². The second-order valence-corrected chi connectivity index (χ2v) is 5.09. The predicted octanol–water partition coefficient (Wildman–Crippen LogP) is 2.23. The maximum Gasteiger partial charge on any atom is 0.120 e. The summed E-state index contributed by atoms with van der Waals surface area (Å²) in [5, 5.41) is 7.76. The fourth-order valence-electron chi connectivity index (χ4n) is 2.29. The zero-order valence-corrected chi connectivity index (χ0v) is 11.6. The van der Waals surface area contributed by atoms with E-state index in [2.05, 4.69) is 10.6 Å². The second kappa shape index (κ2) is 6.98. The second-order valence-electron chi connectivity index (χ2n) is 4.69. The molecule has 0 radical (unpaired) electrons. The van der Waals surface area contributed by atoms with E-state index in [4.69, 9.17) is 16.3 Å². The van der Waals surface area contributed by atoms with E-state index in [9.17, 15) is 0 Å². The first kappa shape index (κ1) is 13.7. The molecule has 1 saturated heterocycles. The summed E-state index contributed by atoms with van der Waals surface area (Å²) >= 11 is 6.21. The normalized spacial score (nSPS) is 16.8. The molecule has 4 heteroatoms. The van der Waals surface area contributed by atoms with E-state index in [0.29, 0.717) is 6.04 Å². The number of halogens is 1. The van der Waals surface area contributed by atoms with Gasteiger partial charge in [-0.1, -0.05) is 17.7 Å². The Bertz CT molecular complexity index is 378. The standard InChI is InChI=1S/C14H21ClN2O/c1-18-13-3-2-11(14(15)10-13)4-9-17-12-5-7-16-8-6-12/h2-3,10,12,16-17H,4-9H2,1H3. The molecule has 1 aliphatic heterocycles. The highest BCUT2D eigenvalue weighted by atomic mass is 35.5. The van der Waals surface area contributed by atoms with Crippen LogP contribution < -0.4 is 15.4 Å². The topological polar surface area (TPSA) is 33.3 Å². The SMILES string of the molecule is COc1ccc(CCNC2CCNCC2)c(Cl)c1. The van der Waals surface area contributed by atoms with Crippen LogP contribution in [0.25, 0.3) is 0 Å². The van der Waals surface area contributed by atoms with E-state index in [1.807, 2.05) is 18.2 Å². The fraction of sp³-hybridized carbons (Fsp3) is 0.571. The minimum Gasteiger partial charge on any atom is -0.497 e. The summed E-state index contributed by atoms with van der Waals surface area (Å²) in [5.41, 5.74) is 1.18. The van der Waals surface area contributed by atoms with E-state index in [-0.39, 0.29) is 0 Å². The molecule has 0 saturated carbocycles. The highest BCUT2D eigenvalue weighted by Gasteiger charge is 2.11. The summed E-state index contributed by atoms with van der Waals surface area (Å²) in [6.07, 6.45) is 3.40. The molecule has 0 aliphatic carbocycles. The molecule has 1 heterocycles. The van der Waals surface area contributed by atoms with Gasteiger partial charge in [0.2, 0.25) is 0 Å². The highest BCUT2D eigenvalue weighted by Crippen LogP contribution is 2.22. The fourth-order valence-corrected chi connectivity index (χ4v) is 2.56. The largest absolute Gasteiger partial charge is 0.497 e. The van der Waals surface area contributed by atoms with Crippen molar-refractivity contribution >= 4 is 11.6 Å². The lowest BCUT2D eigenvalue weighted by Crippen LogP contribution is -2.40. The molecule has 1 aliphatic rings. The van der Waals surface area contributed by atoms with Gasteiger partial charge in [0.25, 0.3) is 0 Å². The van der Waals surface area contributed by atoms with Gasteiger partial charge < -0.3 is 15.4 Å². The van der Waals surface area contributed by atoms with Crippen LogP contribution in [-0.2, 0) is 6.42 Å². The molecular formula is C14H21ClN2O. The number of piperidine rings is 1. The van der Waals surface area contributed by atoms with Crippen molar-refractivity contribution < 1.29 is 4.74 Å². The molecule has 1 aromatic rings. The Kier molecular flexibility index (Phi) is 5.29. The van der Waals surface area contributed by atoms with Crippen molar-refractivity contribution in [3.63, 3.8) is 0 Å². The van der Waals surface area contributed by atoms with Gasteiger partial charge in [0.05, 0.1) is 7.11 Å². The van der Waals surface area contributed by atoms with Crippen LogP contribution in [0.4, 0.5) is 0 Å². The Morgan fingerprint density at radius 1 is 1.39 bits per heavy atom. The maximum absolute atomic E-state index is 6.21. The predicted molar refractivity (Wildman–Crippen MR) is 75.6 cm³/mol. The number of nitrogens with one attached hydrogen (secondary N) is 2. The van der Waals surface area contributed by atoms with Crippen molar-refractivity contribution in [1.29, 1.82) is 0 Å². The van der Waals surface area contributed by atoms with Gasteiger partial charge in [-0.3, -0.25) is 0 Å². The summed E-state index contributed by atoms with van der Waals surface area (Å²) in [4.78, 5) is 0. The Morgan fingerprint density at radius 3 is 2.83 bits per heavy atom. The van der Waals surface area contributed by atoms with Gasteiger partial charge in [-0.15, -0.1) is 0 Å². The first-order valence-electron chi connectivity index (χ1n) is 6.56. The van der Waals surface area contributed by atoms with Gasteiger partial charge in [0.1, 0.15) is 5.75 Å². The van der Waals surface area contributed by atoms with Gasteiger partial charge in [0.15, 0.2) is 0 Å². The third-order valence-corrected chi connectivity index (χ3v) is 3.78. The van der Waals surface area contributed by atoms with Crippen molar-refractivity contribution in [1.82, 2.24) is 10.6 Å². The maximum atomic E-state index is 6.21. The lowest BCUT2D eigenvalue weighted by molar-refractivity contribution is 0.389. The summed E-state index contributed by atoms with van der Waals surface area (Å²) < 4.78 is 5.14. The number of methoxy groups -OCH3 is 1. The third kappa shape index (κ3) is 3.87. The van der Waals surface area contributed by atoms with Crippen LogP contribution in [0.1, 0.15) is 18.4 Å². The van der Waals surface area contributed by atoms with Crippen molar-refractivity contribution in [2.45, 2.75) is 25.3 Å². The summed E-state index contributed by atoms with van der Waals surface area (Å²) in [5.74, 6) is 0.815. The first-order chi connectivity index (χ1) is 8.79. The highest BCUT2D eigenvalue weighted by molar-refractivity contribution is 6.31. The molecule has 1 fully saturated rings. The summed E-state index contributed by atoms with van der Waals surface area (Å²) in [6.45, 7) is 3.23. The molecule has 1 aromatic carbocycles. The Labute approximate surface area is 114 Å². The molecule has 0 unspecified atom stereocenters. The van der Waals surface area contributed by atoms with Crippen LogP contribution >= 0.6 is 11.6 Å². The number of rotatable bonds is 5. The van der Waals surface area contributed by atoms with E-state index in [1.54, 1.807) is 7.11 Å². The van der Waals surface area contributed by atoms with Crippen molar-refractivity contribution in [3.8, 4) is 5.75 Å². The minimum absolute atomic E-state index is 0.656. The number of hydrogen-bond donors (Lipinski definition) is 2. The monoisotopic (exact) mass is 268 g/mol. The quantitative estimate of drug-likeness (QED) is 0.859. The molecule has 18 heavy (non-hydrogen) atoms. The molecule has 2 rings (SSSR count). The van der Waals surface area contributed by atoms with Gasteiger partial charge in [-0.2, -0.15) is 0 Å². The molecule has 0 spiro atoms. The Morgan fingerprint density at radius 2 is 2.17 bits per heavy atom. The molecule has 2 N–H and O–H groups in total. The Hall–Kier alpha value is -0.770. The average Bonchev–Trinajstić information content (AvgIpc) is 2.42. The lowest BCUT2D eigenvalue weighted by atomic mass is 10.1. The van der Waals surface area contributed by atoms with Crippen LogP contribution in [0.5, 0.6) is 5.75 Å². The van der Waals surface area contributed by atoms with Crippen molar-refractivity contribution in [2.24, 2.45) is 0 Å². The van der Waals surface area contributed by atoms with Crippen LogP contribution in [-0.4, -0.2) is 32.8 Å². The third-order valence-electron chi connectivity index (χ3n) is 3.43. The molecule has 0 aromatic heterocycles. The molecule has 0 bridgehead atoms. The lowest BCUT2D eigenvalue weighted by Gasteiger charge is -2.23. The first-order valence-corrected chi connectivity index (χ1v) is 6.94.